The molecule has 2 aromatic carbocycles. The Morgan fingerprint density at radius 2 is 1.59 bits per heavy atom. The van der Waals surface area contributed by atoms with Gasteiger partial charge in [0.15, 0.2) is 0 Å². The van der Waals surface area contributed by atoms with Gasteiger partial charge in [-0.2, -0.15) is 0 Å². The van der Waals surface area contributed by atoms with E-state index in [1.54, 1.807) is 36.4 Å². The second-order valence-corrected chi connectivity index (χ2v) is 8.94. The summed E-state index contributed by atoms with van der Waals surface area (Å²) in [6, 6.07) is 11.5. The number of nitrogens with one attached hydrogen (secondary N) is 1. The highest BCUT2D eigenvalue weighted by atomic mass is 32.2. The van der Waals surface area contributed by atoms with E-state index in [1.807, 2.05) is 0 Å². The number of methoxy groups -OCH3 is 1. The summed E-state index contributed by atoms with van der Waals surface area (Å²) < 4.78 is 28.4. The smallest absolute Gasteiger partial charge is 0.262 e. The van der Waals surface area contributed by atoms with E-state index in [9.17, 15) is 22.8 Å². The number of imide groups is 1. The lowest BCUT2D eigenvalue weighted by Crippen LogP contribution is -2.48. The number of hydrogen-bond donors (Lipinski definition) is 1. The fourth-order valence-electron chi connectivity index (χ4n) is 3.09. The standard InChI is InChI=1S/C20H20N2O6S/c1-28-14-9-7-13(8-10-14)21-18(23)17(11-12-29(2,26)27)22-19(24)15-5-3-4-6-16(15)20(22)25/h3-10,17H,11-12H2,1-2H3,(H,21,23)/t17-/m0/s1. The molecule has 0 unspecified atom stereocenters. The molecule has 0 aromatic heterocycles. The van der Waals surface area contributed by atoms with Gasteiger partial charge in [0.25, 0.3) is 11.8 Å². The molecule has 152 valence electrons. The molecule has 0 aliphatic carbocycles. The van der Waals surface area contributed by atoms with Gasteiger partial charge in [0, 0.05) is 11.9 Å². The number of amides is 3. The molecule has 0 bridgehead atoms. The number of anilines is 1. The molecule has 0 fully saturated rings. The van der Waals surface area contributed by atoms with Crippen molar-refractivity contribution in [2.75, 3.05) is 24.4 Å². The van der Waals surface area contributed by atoms with Gasteiger partial charge in [-0.1, -0.05) is 12.1 Å². The summed E-state index contributed by atoms with van der Waals surface area (Å²) >= 11 is 0. The van der Waals surface area contributed by atoms with Crippen LogP contribution in [0.15, 0.2) is 48.5 Å². The van der Waals surface area contributed by atoms with Crippen molar-refractivity contribution in [3.05, 3.63) is 59.7 Å². The Morgan fingerprint density at radius 1 is 1.03 bits per heavy atom. The molecule has 3 amide bonds. The highest BCUT2D eigenvalue weighted by molar-refractivity contribution is 7.90. The molecule has 29 heavy (non-hydrogen) atoms. The van der Waals surface area contributed by atoms with Crippen molar-refractivity contribution < 1.29 is 27.5 Å². The van der Waals surface area contributed by atoms with Crippen LogP contribution in [0.25, 0.3) is 0 Å². The number of rotatable bonds is 7. The molecular weight excluding hydrogens is 396 g/mol. The summed E-state index contributed by atoms with van der Waals surface area (Å²) in [5, 5.41) is 2.64. The number of nitrogens with zero attached hydrogens (tertiary/aromatic N) is 1. The van der Waals surface area contributed by atoms with Gasteiger partial charge in [0.2, 0.25) is 5.91 Å². The van der Waals surface area contributed by atoms with Crippen molar-refractivity contribution in [3.63, 3.8) is 0 Å². The molecule has 1 aliphatic rings. The first-order chi connectivity index (χ1) is 13.7. The maximum absolute atomic E-state index is 12.9. The van der Waals surface area contributed by atoms with Crippen molar-refractivity contribution in [2.45, 2.75) is 12.5 Å². The van der Waals surface area contributed by atoms with Crippen molar-refractivity contribution in [1.82, 2.24) is 4.90 Å². The highest BCUT2D eigenvalue weighted by Crippen LogP contribution is 2.26. The minimum absolute atomic E-state index is 0.194. The van der Waals surface area contributed by atoms with Crippen molar-refractivity contribution >= 4 is 33.2 Å². The van der Waals surface area contributed by atoms with E-state index < -0.39 is 33.6 Å². The second kappa shape index (κ2) is 8.04. The number of carbonyl (C=O) groups excluding carboxylic acids is 3. The van der Waals surface area contributed by atoms with Crippen LogP contribution in [0.5, 0.6) is 5.75 Å². The zero-order valence-corrected chi connectivity index (χ0v) is 16.7. The van der Waals surface area contributed by atoms with Gasteiger partial charge in [-0.05, 0) is 42.8 Å². The van der Waals surface area contributed by atoms with Gasteiger partial charge in [-0.3, -0.25) is 19.3 Å². The molecule has 1 aliphatic heterocycles. The number of sulfone groups is 1. The summed E-state index contributed by atoms with van der Waals surface area (Å²) in [7, 11) is -1.90. The van der Waals surface area contributed by atoms with Crippen LogP contribution in [0.1, 0.15) is 27.1 Å². The molecule has 3 rings (SSSR count). The first-order valence-electron chi connectivity index (χ1n) is 8.81. The van der Waals surface area contributed by atoms with Crippen molar-refractivity contribution in [2.24, 2.45) is 0 Å². The zero-order valence-electron chi connectivity index (χ0n) is 15.9. The molecule has 1 atom stereocenters. The predicted molar refractivity (Wildman–Crippen MR) is 107 cm³/mol. The van der Waals surface area contributed by atoms with E-state index in [0.717, 1.165) is 11.2 Å². The predicted octanol–water partition coefficient (Wildman–Crippen LogP) is 1.73. The molecule has 0 saturated carbocycles. The van der Waals surface area contributed by atoms with Gasteiger partial charge in [0.05, 0.1) is 24.0 Å². The van der Waals surface area contributed by atoms with Gasteiger partial charge in [0.1, 0.15) is 21.6 Å². The maximum atomic E-state index is 12.9. The first-order valence-corrected chi connectivity index (χ1v) is 10.9. The summed E-state index contributed by atoms with van der Waals surface area (Å²) in [6.45, 7) is 0. The quantitative estimate of drug-likeness (QED) is 0.689. The largest absolute Gasteiger partial charge is 0.497 e. The summed E-state index contributed by atoms with van der Waals surface area (Å²) in [5.74, 6) is -1.63. The van der Waals surface area contributed by atoms with E-state index in [-0.39, 0.29) is 23.3 Å². The molecule has 0 spiro atoms. The lowest BCUT2D eigenvalue weighted by atomic mass is 10.1. The minimum atomic E-state index is -3.41. The average molecular weight is 416 g/mol. The molecule has 1 N–H and O–H groups in total. The third-order valence-electron chi connectivity index (χ3n) is 4.56. The van der Waals surface area contributed by atoms with Crippen LogP contribution in [0.3, 0.4) is 0 Å². The fourth-order valence-corrected chi connectivity index (χ4v) is 3.75. The molecule has 2 aromatic rings. The Bertz CT molecular complexity index is 1030. The Kier molecular flexibility index (Phi) is 5.69. The van der Waals surface area contributed by atoms with Crippen LogP contribution in [0.2, 0.25) is 0 Å². The number of carbonyl (C=O) groups is 3. The number of fused-ring (bicyclic) bond motifs is 1. The fraction of sp³-hybridized carbons (Fsp3) is 0.250. The lowest BCUT2D eigenvalue weighted by Gasteiger charge is -2.25. The van der Waals surface area contributed by atoms with E-state index in [4.69, 9.17) is 4.74 Å². The molecule has 1 heterocycles. The maximum Gasteiger partial charge on any atom is 0.262 e. The highest BCUT2D eigenvalue weighted by Gasteiger charge is 2.42. The third-order valence-corrected chi connectivity index (χ3v) is 5.54. The van der Waals surface area contributed by atoms with E-state index >= 15 is 0 Å². The van der Waals surface area contributed by atoms with Gasteiger partial charge < -0.3 is 10.1 Å². The van der Waals surface area contributed by atoms with Crippen LogP contribution in [-0.4, -0.2) is 56.2 Å². The Hall–Kier alpha value is -3.20. The van der Waals surface area contributed by atoms with Crippen LogP contribution in [0.4, 0.5) is 5.69 Å². The average Bonchev–Trinajstić information content (AvgIpc) is 2.93. The van der Waals surface area contributed by atoms with Crippen LogP contribution in [-0.2, 0) is 14.6 Å². The molecular formula is C20H20N2O6S. The second-order valence-electron chi connectivity index (χ2n) is 6.68. The van der Waals surface area contributed by atoms with Crippen molar-refractivity contribution in [1.29, 1.82) is 0 Å². The molecule has 0 saturated heterocycles. The summed E-state index contributed by atoms with van der Waals surface area (Å²) in [5.41, 5.74) is 0.815. The number of ether oxygens (including phenoxy) is 1. The van der Waals surface area contributed by atoms with Gasteiger partial charge >= 0.3 is 0 Å². The third kappa shape index (κ3) is 4.45. The number of benzene rings is 2. The SMILES string of the molecule is COc1ccc(NC(=O)[C@H](CCS(C)(=O)=O)N2C(=O)c3ccccc3C2=O)cc1. The zero-order chi connectivity index (χ0) is 21.2. The Balaban J connectivity index is 1.89. The Labute approximate surface area is 168 Å². The van der Waals surface area contributed by atoms with E-state index in [1.165, 1.54) is 19.2 Å². The van der Waals surface area contributed by atoms with Crippen LogP contribution in [0, 0.1) is 0 Å². The van der Waals surface area contributed by atoms with Crippen molar-refractivity contribution in [3.8, 4) is 5.75 Å². The van der Waals surface area contributed by atoms with Gasteiger partial charge in [-0.25, -0.2) is 8.42 Å². The summed E-state index contributed by atoms with van der Waals surface area (Å²) in [6.07, 6.45) is 0.833. The Morgan fingerprint density at radius 3 is 2.07 bits per heavy atom. The van der Waals surface area contributed by atoms with E-state index in [2.05, 4.69) is 5.32 Å². The topological polar surface area (TPSA) is 110 Å². The monoisotopic (exact) mass is 416 g/mol. The van der Waals surface area contributed by atoms with Crippen LogP contribution < -0.4 is 10.1 Å². The molecule has 9 heteroatoms. The lowest BCUT2D eigenvalue weighted by molar-refractivity contribution is -0.120. The normalized spacial score (nSPS) is 14.5. The molecule has 8 nitrogen and oxygen atoms in total. The molecule has 0 radical (unpaired) electrons. The first kappa shape index (κ1) is 20.5. The minimum Gasteiger partial charge on any atom is -0.497 e. The van der Waals surface area contributed by atoms with Crippen LogP contribution >= 0.6 is 0 Å². The van der Waals surface area contributed by atoms with E-state index in [0.29, 0.717) is 11.4 Å². The van der Waals surface area contributed by atoms with Gasteiger partial charge in [-0.15, -0.1) is 0 Å². The summed E-state index contributed by atoms with van der Waals surface area (Å²) in [4.78, 5) is 39.3. The number of hydrogen-bond acceptors (Lipinski definition) is 6.